The van der Waals surface area contributed by atoms with Gasteiger partial charge in [-0.2, -0.15) is 0 Å². The van der Waals surface area contributed by atoms with E-state index in [-0.39, 0.29) is 11.7 Å². The highest BCUT2D eigenvalue weighted by Crippen LogP contribution is 2.38. The van der Waals surface area contributed by atoms with Gasteiger partial charge in [-0.15, -0.1) is 13.2 Å². The number of aryl methyl sites for hydroxylation is 1. The number of nitrogens with zero attached hydrogens (tertiary/aromatic N) is 4. The highest BCUT2D eigenvalue weighted by molar-refractivity contribution is 5.91. The third kappa shape index (κ3) is 5.25. The van der Waals surface area contributed by atoms with Gasteiger partial charge >= 0.3 is 6.36 Å². The molecule has 2 aliphatic rings. The fraction of sp³-hybridized carbons (Fsp3) is 0.300. The Morgan fingerprint density at radius 3 is 2.45 bits per heavy atom. The number of fused-ring (bicyclic) bond motifs is 1. The molecule has 206 valence electrons. The van der Waals surface area contributed by atoms with Gasteiger partial charge in [0.25, 0.3) is 0 Å². The second-order valence-corrected chi connectivity index (χ2v) is 10.1. The molecule has 10 heteroatoms. The summed E-state index contributed by atoms with van der Waals surface area (Å²) >= 11 is 0. The molecule has 1 saturated heterocycles. The maximum absolute atomic E-state index is 12.7. The number of nitrogens with one attached hydrogen (secondary N) is 1. The van der Waals surface area contributed by atoms with Crippen molar-refractivity contribution in [3.63, 3.8) is 0 Å². The Kier molecular flexibility index (Phi) is 6.69. The second-order valence-electron chi connectivity index (χ2n) is 10.1. The van der Waals surface area contributed by atoms with Crippen LogP contribution in [0.2, 0.25) is 0 Å². The van der Waals surface area contributed by atoms with Crippen molar-refractivity contribution in [1.29, 1.82) is 0 Å². The van der Waals surface area contributed by atoms with Crippen LogP contribution >= 0.6 is 0 Å². The molecule has 2 aromatic carbocycles. The summed E-state index contributed by atoms with van der Waals surface area (Å²) < 4.78 is 47.6. The van der Waals surface area contributed by atoms with Gasteiger partial charge in [0, 0.05) is 42.2 Å². The van der Waals surface area contributed by atoms with E-state index in [0.717, 1.165) is 72.3 Å². The number of halogens is 3. The first-order valence-electron chi connectivity index (χ1n) is 13.1. The molecule has 2 aromatic heterocycles. The van der Waals surface area contributed by atoms with Crippen LogP contribution < -0.4 is 14.4 Å². The fourth-order valence-corrected chi connectivity index (χ4v) is 5.54. The molecule has 1 aliphatic carbocycles. The van der Waals surface area contributed by atoms with Crippen molar-refractivity contribution in [2.75, 3.05) is 25.1 Å². The SMILES string of the molecule is COc1cccc(C2=Cc3c(ncnc3N3CCC(c4nc(-c5cccc(OC(F)(F)F)c5)c(C)[nH]4)CC3)C2)c1. The van der Waals surface area contributed by atoms with Gasteiger partial charge in [-0.3, -0.25) is 0 Å². The molecule has 0 bridgehead atoms. The van der Waals surface area contributed by atoms with Crippen molar-refractivity contribution >= 4 is 17.5 Å². The van der Waals surface area contributed by atoms with Crippen LogP contribution in [0.5, 0.6) is 11.5 Å². The Labute approximate surface area is 229 Å². The van der Waals surface area contributed by atoms with Crippen LogP contribution in [0.25, 0.3) is 22.9 Å². The number of alkyl halides is 3. The van der Waals surface area contributed by atoms with E-state index in [1.165, 1.54) is 23.8 Å². The van der Waals surface area contributed by atoms with Gasteiger partial charge in [-0.05, 0) is 61.2 Å². The van der Waals surface area contributed by atoms with Crippen molar-refractivity contribution in [3.8, 4) is 22.8 Å². The van der Waals surface area contributed by atoms with E-state index in [9.17, 15) is 13.2 Å². The third-order valence-electron chi connectivity index (χ3n) is 7.49. The summed E-state index contributed by atoms with van der Waals surface area (Å²) in [4.78, 5) is 19.7. The normalized spacial score (nSPS) is 15.6. The lowest BCUT2D eigenvalue weighted by atomic mass is 9.96. The summed E-state index contributed by atoms with van der Waals surface area (Å²) in [6.07, 6.45) is 1.57. The number of ether oxygens (including phenoxy) is 2. The number of allylic oxidation sites excluding steroid dienone is 1. The van der Waals surface area contributed by atoms with E-state index in [4.69, 9.17) is 9.72 Å². The number of imidazole rings is 1. The summed E-state index contributed by atoms with van der Waals surface area (Å²) in [6.45, 7) is 3.50. The number of hydrogen-bond donors (Lipinski definition) is 1. The van der Waals surface area contributed by atoms with Gasteiger partial charge < -0.3 is 19.4 Å². The van der Waals surface area contributed by atoms with E-state index in [0.29, 0.717) is 11.3 Å². The third-order valence-corrected chi connectivity index (χ3v) is 7.49. The first-order chi connectivity index (χ1) is 19.3. The molecule has 7 nitrogen and oxygen atoms in total. The van der Waals surface area contributed by atoms with Crippen LogP contribution in [-0.2, 0) is 6.42 Å². The molecule has 0 saturated carbocycles. The van der Waals surface area contributed by atoms with Crippen molar-refractivity contribution < 1.29 is 22.6 Å². The quantitative estimate of drug-likeness (QED) is 0.295. The summed E-state index contributed by atoms with van der Waals surface area (Å²) in [5.41, 5.74) is 6.41. The number of methoxy groups -OCH3 is 1. The summed E-state index contributed by atoms with van der Waals surface area (Å²) in [5, 5.41) is 0. The standard InChI is InChI=1S/C30H28F3N5O2/c1-18-27(21-6-4-8-24(14-21)40-30(31,32)33)37-28(36-18)19-9-11-38(12-10-19)29-25-15-22(16-26(25)34-17-35-29)20-5-3-7-23(13-20)39-2/h3-8,13-15,17,19H,9-12,16H2,1-2H3,(H,36,37). The predicted molar refractivity (Wildman–Crippen MR) is 146 cm³/mol. The largest absolute Gasteiger partial charge is 0.573 e. The zero-order valence-corrected chi connectivity index (χ0v) is 22.1. The first kappa shape index (κ1) is 25.9. The number of H-pyrrole nitrogens is 1. The van der Waals surface area contributed by atoms with Gasteiger partial charge in [0.05, 0.1) is 18.5 Å². The highest BCUT2D eigenvalue weighted by Gasteiger charge is 2.32. The molecule has 0 unspecified atom stereocenters. The number of anilines is 1. The van der Waals surface area contributed by atoms with Crippen LogP contribution in [-0.4, -0.2) is 46.5 Å². The van der Waals surface area contributed by atoms with Crippen LogP contribution in [0, 0.1) is 6.92 Å². The average molecular weight is 548 g/mol. The van der Waals surface area contributed by atoms with E-state index in [1.54, 1.807) is 19.5 Å². The molecule has 40 heavy (non-hydrogen) atoms. The molecule has 1 N–H and O–H groups in total. The van der Waals surface area contributed by atoms with E-state index >= 15 is 0 Å². The van der Waals surface area contributed by atoms with Crippen LogP contribution in [0.15, 0.2) is 54.9 Å². The highest BCUT2D eigenvalue weighted by atomic mass is 19.4. The number of hydrogen-bond acceptors (Lipinski definition) is 6. The molecular weight excluding hydrogens is 519 g/mol. The molecule has 1 aliphatic heterocycles. The maximum atomic E-state index is 12.7. The topological polar surface area (TPSA) is 76.2 Å². The van der Waals surface area contributed by atoms with Crippen LogP contribution in [0.4, 0.5) is 19.0 Å². The maximum Gasteiger partial charge on any atom is 0.573 e. The van der Waals surface area contributed by atoms with Crippen molar-refractivity contribution in [2.24, 2.45) is 0 Å². The molecule has 0 atom stereocenters. The molecule has 1 fully saturated rings. The Hall–Kier alpha value is -4.34. The molecule has 6 rings (SSSR count). The van der Waals surface area contributed by atoms with Gasteiger partial charge in [0.15, 0.2) is 0 Å². The summed E-state index contributed by atoms with van der Waals surface area (Å²) in [5.74, 6) is 2.56. The molecule has 3 heterocycles. The number of rotatable bonds is 6. The van der Waals surface area contributed by atoms with Gasteiger partial charge in [-0.1, -0.05) is 24.3 Å². The Bertz CT molecular complexity index is 1570. The van der Waals surface area contributed by atoms with Crippen molar-refractivity contribution in [1.82, 2.24) is 19.9 Å². The molecular formula is C30H28F3N5O2. The minimum absolute atomic E-state index is 0.205. The zero-order valence-electron chi connectivity index (χ0n) is 22.1. The first-order valence-corrected chi connectivity index (χ1v) is 13.1. The van der Waals surface area contributed by atoms with Crippen LogP contribution in [0.3, 0.4) is 0 Å². The minimum atomic E-state index is -4.74. The van der Waals surface area contributed by atoms with E-state index in [1.807, 2.05) is 25.1 Å². The van der Waals surface area contributed by atoms with Crippen molar-refractivity contribution in [2.45, 2.75) is 38.5 Å². The molecule has 4 aromatic rings. The predicted octanol–water partition coefficient (Wildman–Crippen LogP) is 6.56. The zero-order chi connectivity index (χ0) is 27.9. The summed E-state index contributed by atoms with van der Waals surface area (Å²) in [7, 11) is 1.67. The van der Waals surface area contributed by atoms with Crippen molar-refractivity contribution in [3.05, 3.63) is 83.2 Å². The van der Waals surface area contributed by atoms with Gasteiger partial charge in [0.1, 0.15) is 29.5 Å². The van der Waals surface area contributed by atoms with E-state index < -0.39 is 6.36 Å². The molecule has 0 spiro atoms. The smallest absolute Gasteiger partial charge is 0.497 e. The molecule has 0 amide bonds. The lowest BCUT2D eigenvalue weighted by Crippen LogP contribution is -2.34. The number of aromatic nitrogens is 4. The molecule has 0 radical (unpaired) electrons. The Morgan fingerprint density at radius 1 is 0.975 bits per heavy atom. The lowest BCUT2D eigenvalue weighted by Gasteiger charge is -2.32. The fourth-order valence-electron chi connectivity index (χ4n) is 5.54. The van der Waals surface area contributed by atoms with Gasteiger partial charge in [0.2, 0.25) is 0 Å². The lowest BCUT2D eigenvalue weighted by molar-refractivity contribution is -0.274. The summed E-state index contributed by atoms with van der Waals surface area (Å²) in [6, 6.07) is 14.0. The average Bonchev–Trinajstić information content (AvgIpc) is 3.56. The second kappa shape index (κ2) is 10.3. The van der Waals surface area contributed by atoms with Crippen LogP contribution in [0.1, 0.15) is 47.1 Å². The number of aromatic amines is 1. The van der Waals surface area contributed by atoms with Gasteiger partial charge in [-0.25, -0.2) is 15.0 Å². The Balaban J connectivity index is 1.17. The van der Waals surface area contributed by atoms with E-state index in [2.05, 4.69) is 36.7 Å². The number of piperidine rings is 1. The monoisotopic (exact) mass is 547 g/mol. The number of benzene rings is 2. The minimum Gasteiger partial charge on any atom is -0.497 e. The Morgan fingerprint density at radius 2 is 1.70 bits per heavy atom.